The molecule has 0 radical (unpaired) electrons. The van der Waals surface area contributed by atoms with Gasteiger partial charge >= 0.3 is 0 Å². The van der Waals surface area contributed by atoms with E-state index in [-0.39, 0.29) is 5.91 Å². The number of carbonyl (C=O) groups is 1. The molecule has 0 atom stereocenters. The fourth-order valence-corrected chi connectivity index (χ4v) is 1.61. The summed E-state index contributed by atoms with van der Waals surface area (Å²) in [5.41, 5.74) is 4.82. The molecule has 0 bridgehead atoms. The zero-order chi connectivity index (χ0) is 14.5. The minimum absolute atomic E-state index is 0.0810. The average molecular weight is 262 g/mol. The Morgan fingerprint density at radius 1 is 1.26 bits per heavy atom. The first kappa shape index (κ1) is 15.4. The average Bonchev–Trinajstić information content (AvgIpc) is 2.27. The van der Waals surface area contributed by atoms with E-state index in [0.717, 1.165) is 5.56 Å². The van der Waals surface area contributed by atoms with E-state index in [2.05, 4.69) is 36.5 Å². The van der Waals surface area contributed by atoms with E-state index in [1.54, 1.807) is 6.21 Å². The molecule has 1 rings (SSSR count). The fourth-order valence-electron chi connectivity index (χ4n) is 1.61. The quantitative estimate of drug-likeness (QED) is 0.492. The Hall–Kier alpha value is -1.68. The van der Waals surface area contributed by atoms with Crippen LogP contribution in [0.3, 0.4) is 0 Å². The highest BCUT2D eigenvalue weighted by Crippen LogP contribution is 2.13. The molecule has 0 aromatic heterocycles. The molecule has 0 spiro atoms. The van der Waals surface area contributed by atoms with Crippen molar-refractivity contribution in [1.82, 2.24) is 5.43 Å². The highest BCUT2D eigenvalue weighted by Gasteiger charge is 2.12. The number of hydrogen-bond donors (Lipinski definition) is 1. The number of amides is 1. The maximum Gasteiger partial charge on any atom is 0.295 e. The number of quaternary nitrogens is 1. The molecular weight excluding hydrogens is 238 g/mol. The van der Waals surface area contributed by atoms with Gasteiger partial charge in [0.15, 0.2) is 6.54 Å². The van der Waals surface area contributed by atoms with Crippen molar-refractivity contribution in [3.63, 3.8) is 0 Å². The van der Waals surface area contributed by atoms with Crippen molar-refractivity contribution in [3.8, 4) is 0 Å². The molecule has 1 amide bonds. The minimum Gasteiger partial charge on any atom is -0.323 e. The topological polar surface area (TPSA) is 41.5 Å². The summed E-state index contributed by atoms with van der Waals surface area (Å²) in [6, 6.07) is 8.18. The molecule has 4 heteroatoms. The van der Waals surface area contributed by atoms with Crippen LogP contribution in [-0.2, 0) is 4.79 Å². The zero-order valence-electron chi connectivity index (χ0n) is 12.5. The molecule has 0 aliphatic carbocycles. The molecular formula is C15H24N3O+. The molecule has 104 valence electrons. The van der Waals surface area contributed by atoms with Crippen molar-refractivity contribution in [2.45, 2.75) is 19.8 Å². The number of rotatable bonds is 5. The standard InChI is InChI=1S/C15H23N3O/c1-12(2)14-8-6-13(7-9-14)10-16-17-15(19)11-18(3,4)5/h6-10,12H,11H2,1-5H3/p+1/b16-10-. The maximum absolute atomic E-state index is 11.6. The van der Waals surface area contributed by atoms with Crippen molar-refractivity contribution < 1.29 is 9.28 Å². The summed E-state index contributed by atoms with van der Waals surface area (Å²) in [6.07, 6.45) is 1.66. The molecule has 0 saturated carbocycles. The van der Waals surface area contributed by atoms with Gasteiger partial charge in [-0.25, -0.2) is 5.43 Å². The van der Waals surface area contributed by atoms with Crippen LogP contribution in [-0.4, -0.2) is 44.3 Å². The molecule has 0 saturated heterocycles. The van der Waals surface area contributed by atoms with Gasteiger partial charge in [0.2, 0.25) is 0 Å². The fraction of sp³-hybridized carbons (Fsp3) is 0.467. The van der Waals surface area contributed by atoms with Gasteiger partial charge in [0, 0.05) is 0 Å². The van der Waals surface area contributed by atoms with Crippen LogP contribution in [0.4, 0.5) is 0 Å². The highest BCUT2D eigenvalue weighted by atomic mass is 16.2. The van der Waals surface area contributed by atoms with Crippen molar-refractivity contribution in [2.75, 3.05) is 27.7 Å². The summed E-state index contributed by atoms with van der Waals surface area (Å²) >= 11 is 0. The third kappa shape index (κ3) is 6.15. The van der Waals surface area contributed by atoms with Gasteiger partial charge in [0.1, 0.15) is 0 Å². The summed E-state index contributed by atoms with van der Waals surface area (Å²) in [5, 5.41) is 3.97. The van der Waals surface area contributed by atoms with Crippen LogP contribution >= 0.6 is 0 Å². The molecule has 1 aromatic carbocycles. The number of nitrogens with zero attached hydrogens (tertiary/aromatic N) is 2. The Balaban J connectivity index is 2.51. The van der Waals surface area contributed by atoms with Crippen LogP contribution in [0.2, 0.25) is 0 Å². The smallest absolute Gasteiger partial charge is 0.295 e. The SMILES string of the molecule is CC(C)c1ccc(/C=N\NC(=O)C[N+](C)(C)C)cc1. The summed E-state index contributed by atoms with van der Waals surface area (Å²) < 4.78 is 0.588. The Morgan fingerprint density at radius 3 is 2.32 bits per heavy atom. The molecule has 0 heterocycles. The van der Waals surface area contributed by atoms with Gasteiger partial charge < -0.3 is 4.48 Å². The molecule has 1 N–H and O–H groups in total. The molecule has 4 nitrogen and oxygen atoms in total. The minimum atomic E-state index is -0.0810. The Bertz CT molecular complexity index is 441. The van der Waals surface area contributed by atoms with Gasteiger partial charge in [0.25, 0.3) is 5.91 Å². The first-order valence-corrected chi connectivity index (χ1v) is 6.50. The van der Waals surface area contributed by atoms with Crippen LogP contribution < -0.4 is 5.43 Å². The Kier molecular flexibility index (Phi) is 5.24. The summed E-state index contributed by atoms with van der Waals surface area (Å²) in [4.78, 5) is 11.6. The first-order chi connectivity index (χ1) is 8.78. The van der Waals surface area contributed by atoms with Crippen LogP contribution in [0, 0.1) is 0 Å². The van der Waals surface area contributed by atoms with E-state index < -0.39 is 0 Å². The first-order valence-electron chi connectivity index (χ1n) is 6.50. The van der Waals surface area contributed by atoms with Crippen LogP contribution in [0.15, 0.2) is 29.4 Å². The van der Waals surface area contributed by atoms with Crippen molar-refractivity contribution in [3.05, 3.63) is 35.4 Å². The number of hydrogen-bond acceptors (Lipinski definition) is 2. The van der Waals surface area contributed by atoms with E-state index in [9.17, 15) is 4.79 Å². The second-order valence-corrected chi connectivity index (χ2v) is 6.06. The second kappa shape index (κ2) is 6.48. The molecule has 0 aliphatic rings. The van der Waals surface area contributed by atoms with Crippen LogP contribution in [0.25, 0.3) is 0 Å². The van der Waals surface area contributed by atoms with Gasteiger partial charge in [-0.3, -0.25) is 4.79 Å². The van der Waals surface area contributed by atoms with E-state index in [1.807, 2.05) is 33.3 Å². The van der Waals surface area contributed by atoms with Gasteiger partial charge in [-0.2, -0.15) is 5.10 Å². The lowest BCUT2D eigenvalue weighted by Crippen LogP contribution is -2.43. The second-order valence-electron chi connectivity index (χ2n) is 6.06. The molecule has 0 aliphatic heterocycles. The van der Waals surface area contributed by atoms with Crippen molar-refractivity contribution in [2.24, 2.45) is 5.10 Å². The highest BCUT2D eigenvalue weighted by molar-refractivity contribution is 5.82. The van der Waals surface area contributed by atoms with E-state index in [1.165, 1.54) is 5.56 Å². The third-order valence-electron chi connectivity index (χ3n) is 2.62. The lowest BCUT2D eigenvalue weighted by Gasteiger charge is -2.21. The van der Waals surface area contributed by atoms with Crippen molar-refractivity contribution in [1.29, 1.82) is 0 Å². The number of benzene rings is 1. The van der Waals surface area contributed by atoms with E-state index >= 15 is 0 Å². The molecule has 0 unspecified atom stereocenters. The predicted molar refractivity (Wildman–Crippen MR) is 79.2 cm³/mol. The lowest BCUT2D eigenvalue weighted by atomic mass is 10.0. The number of likely N-dealkylation sites (N-methyl/N-ethyl adjacent to an activating group) is 1. The number of carbonyl (C=O) groups excluding carboxylic acids is 1. The Morgan fingerprint density at radius 2 is 1.84 bits per heavy atom. The lowest BCUT2D eigenvalue weighted by molar-refractivity contribution is -0.862. The van der Waals surface area contributed by atoms with Gasteiger partial charge in [0.05, 0.1) is 27.4 Å². The van der Waals surface area contributed by atoms with E-state index in [0.29, 0.717) is 16.9 Å². The summed E-state index contributed by atoms with van der Waals surface area (Å²) in [5.74, 6) is 0.442. The van der Waals surface area contributed by atoms with Gasteiger partial charge in [-0.15, -0.1) is 0 Å². The monoisotopic (exact) mass is 262 g/mol. The summed E-state index contributed by atoms with van der Waals surface area (Å²) in [7, 11) is 5.90. The van der Waals surface area contributed by atoms with Crippen LogP contribution in [0.5, 0.6) is 0 Å². The zero-order valence-corrected chi connectivity index (χ0v) is 12.5. The van der Waals surface area contributed by atoms with Crippen LogP contribution in [0.1, 0.15) is 30.9 Å². The maximum atomic E-state index is 11.6. The van der Waals surface area contributed by atoms with Crippen molar-refractivity contribution >= 4 is 12.1 Å². The summed E-state index contributed by atoms with van der Waals surface area (Å²) in [6.45, 7) is 4.73. The van der Waals surface area contributed by atoms with Gasteiger partial charge in [-0.1, -0.05) is 38.1 Å². The molecule has 19 heavy (non-hydrogen) atoms. The molecule has 0 fully saturated rings. The third-order valence-corrected chi connectivity index (χ3v) is 2.62. The normalized spacial score (nSPS) is 12.1. The molecule has 1 aromatic rings. The van der Waals surface area contributed by atoms with Gasteiger partial charge in [-0.05, 0) is 17.0 Å². The number of hydrazone groups is 1. The largest absolute Gasteiger partial charge is 0.323 e. The van der Waals surface area contributed by atoms with E-state index in [4.69, 9.17) is 0 Å². The Labute approximate surface area is 115 Å². The predicted octanol–water partition coefficient (Wildman–Crippen LogP) is 1.97. The number of nitrogens with one attached hydrogen (secondary N) is 1.